The lowest BCUT2D eigenvalue weighted by atomic mass is 10.1. The molecule has 0 radical (unpaired) electrons. The molecule has 1 rings (SSSR count). The topological polar surface area (TPSA) is 51.2 Å². The maximum absolute atomic E-state index is 12.7. The number of aldehydes is 1. The van der Waals surface area contributed by atoms with Crippen LogP contribution in [-0.2, 0) is 10.2 Å². The maximum Gasteiger partial charge on any atom is 0.332 e. The number of halogens is 1. The van der Waals surface area contributed by atoms with Gasteiger partial charge in [0.2, 0.25) is 0 Å². The second-order valence-electron chi connectivity index (χ2n) is 3.03. The first-order valence-electron chi connectivity index (χ1n) is 3.87. The molecular weight excluding hydrogens is 207 g/mol. The van der Waals surface area contributed by atoms with Crippen molar-refractivity contribution >= 4 is 16.5 Å². The third-order valence-electron chi connectivity index (χ3n) is 1.95. The van der Waals surface area contributed by atoms with E-state index in [2.05, 4.69) is 0 Å². The summed E-state index contributed by atoms with van der Waals surface area (Å²) in [5, 5.41) is 0. The quantitative estimate of drug-likeness (QED) is 0.559. The average molecular weight is 216 g/mol. The van der Waals surface area contributed by atoms with Crippen LogP contribution in [0.2, 0.25) is 0 Å². The Morgan fingerprint density at radius 1 is 1.21 bits per heavy atom. The van der Waals surface area contributed by atoms with Gasteiger partial charge in [-0.1, -0.05) is 6.07 Å². The smallest absolute Gasteiger partial charge is 0.298 e. The van der Waals surface area contributed by atoms with E-state index in [0.29, 0.717) is 17.4 Å². The highest BCUT2D eigenvalue weighted by Gasteiger charge is 2.16. The third kappa shape index (κ3) is 1.98. The van der Waals surface area contributed by atoms with E-state index in [4.69, 9.17) is 0 Å². The van der Waals surface area contributed by atoms with Gasteiger partial charge in [-0.05, 0) is 31.0 Å². The molecule has 1 aromatic rings. The molecule has 0 aliphatic carbocycles. The Kier molecular flexibility index (Phi) is 2.71. The molecule has 0 bridgehead atoms. The normalized spacial score (nSPS) is 11.4. The standard InChI is InChI=1S/C9H9FO3S/c1-6-3-7(2)9(14(10,12)13)4-8(6)5-11/h3-5H,1-2H3. The minimum atomic E-state index is -4.74. The highest BCUT2D eigenvalue weighted by atomic mass is 32.3. The number of carbonyl (C=O) groups is 1. The first kappa shape index (κ1) is 10.8. The molecule has 5 heteroatoms. The summed E-state index contributed by atoms with van der Waals surface area (Å²) in [5.74, 6) is 0. The molecule has 0 fully saturated rings. The van der Waals surface area contributed by atoms with Crippen molar-refractivity contribution in [3.05, 3.63) is 28.8 Å². The minimum absolute atomic E-state index is 0.187. The SMILES string of the molecule is Cc1cc(C)c(S(=O)(=O)F)cc1C=O. The van der Waals surface area contributed by atoms with Crippen molar-refractivity contribution in [1.82, 2.24) is 0 Å². The fourth-order valence-electron chi connectivity index (χ4n) is 1.24. The molecule has 0 saturated carbocycles. The maximum atomic E-state index is 12.7. The van der Waals surface area contributed by atoms with Crippen LogP contribution in [0.5, 0.6) is 0 Å². The first-order valence-corrected chi connectivity index (χ1v) is 5.25. The number of aryl methyl sites for hydroxylation is 2. The molecule has 3 nitrogen and oxygen atoms in total. The van der Waals surface area contributed by atoms with E-state index in [9.17, 15) is 17.1 Å². The van der Waals surface area contributed by atoms with Crippen LogP contribution in [0.15, 0.2) is 17.0 Å². The van der Waals surface area contributed by atoms with Crippen LogP contribution in [0.4, 0.5) is 3.89 Å². The Balaban J connectivity index is 3.55. The van der Waals surface area contributed by atoms with E-state index < -0.39 is 15.1 Å². The number of rotatable bonds is 2. The Hall–Kier alpha value is -1.23. The monoisotopic (exact) mass is 216 g/mol. The van der Waals surface area contributed by atoms with Crippen molar-refractivity contribution in [3.8, 4) is 0 Å². The summed E-state index contributed by atoms with van der Waals surface area (Å²) in [6, 6.07) is 2.52. The van der Waals surface area contributed by atoms with Crippen LogP contribution in [0.1, 0.15) is 21.5 Å². The molecule has 14 heavy (non-hydrogen) atoms. The molecule has 0 aliphatic heterocycles. The van der Waals surface area contributed by atoms with Crippen molar-refractivity contribution in [2.45, 2.75) is 18.7 Å². The van der Waals surface area contributed by atoms with Crippen LogP contribution in [-0.4, -0.2) is 14.7 Å². The lowest BCUT2D eigenvalue weighted by Gasteiger charge is -2.04. The third-order valence-corrected chi connectivity index (χ3v) is 2.92. The summed E-state index contributed by atoms with van der Waals surface area (Å²) >= 11 is 0. The summed E-state index contributed by atoms with van der Waals surface area (Å²) in [6.45, 7) is 3.14. The zero-order chi connectivity index (χ0) is 10.9. The summed E-state index contributed by atoms with van der Waals surface area (Å²) in [4.78, 5) is 10.1. The Morgan fingerprint density at radius 3 is 2.21 bits per heavy atom. The van der Waals surface area contributed by atoms with E-state index in [1.165, 1.54) is 13.0 Å². The predicted molar refractivity (Wildman–Crippen MR) is 49.6 cm³/mol. The van der Waals surface area contributed by atoms with Crippen molar-refractivity contribution in [3.63, 3.8) is 0 Å². The summed E-state index contributed by atoms with van der Waals surface area (Å²) < 4.78 is 34.0. The predicted octanol–water partition coefficient (Wildman–Crippen LogP) is 1.77. The molecule has 0 aromatic heterocycles. The molecule has 1 aromatic carbocycles. The molecule has 0 amide bonds. The van der Waals surface area contributed by atoms with Gasteiger partial charge in [0, 0.05) is 5.56 Å². The molecule has 0 heterocycles. The van der Waals surface area contributed by atoms with Crippen LogP contribution >= 0.6 is 0 Å². The van der Waals surface area contributed by atoms with Gasteiger partial charge in [-0.2, -0.15) is 8.42 Å². The number of carbonyl (C=O) groups excluding carboxylic acids is 1. The van der Waals surface area contributed by atoms with Crippen LogP contribution in [0, 0.1) is 13.8 Å². The first-order chi connectivity index (χ1) is 6.36. The Labute approximate surface area is 81.8 Å². The number of hydrogen-bond acceptors (Lipinski definition) is 3. The lowest BCUT2D eigenvalue weighted by molar-refractivity contribution is 0.112. The van der Waals surface area contributed by atoms with Gasteiger partial charge < -0.3 is 0 Å². The van der Waals surface area contributed by atoms with Gasteiger partial charge in [0.25, 0.3) is 0 Å². The highest BCUT2D eigenvalue weighted by molar-refractivity contribution is 7.86. The minimum Gasteiger partial charge on any atom is -0.298 e. The number of hydrogen-bond donors (Lipinski definition) is 0. The van der Waals surface area contributed by atoms with Gasteiger partial charge in [-0.15, -0.1) is 3.89 Å². The largest absolute Gasteiger partial charge is 0.332 e. The van der Waals surface area contributed by atoms with Gasteiger partial charge in [0.1, 0.15) is 11.2 Å². The zero-order valence-corrected chi connectivity index (χ0v) is 8.56. The van der Waals surface area contributed by atoms with E-state index in [0.717, 1.165) is 6.07 Å². The molecular formula is C9H9FO3S. The van der Waals surface area contributed by atoms with Crippen LogP contribution in [0.25, 0.3) is 0 Å². The Morgan fingerprint density at radius 2 is 1.79 bits per heavy atom. The van der Waals surface area contributed by atoms with E-state index in [-0.39, 0.29) is 5.56 Å². The van der Waals surface area contributed by atoms with Crippen molar-refractivity contribution in [2.24, 2.45) is 0 Å². The molecule has 0 N–H and O–H groups in total. The average Bonchev–Trinajstić information content (AvgIpc) is 2.02. The van der Waals surface area contributed by atoms with Crippen molar-refractivity contribution in [2.75, 3.05) is 0 Å². The van der Waals surface area contributed by atoms with E-state index in [1.807, 2.05) is 0 Å². The Bertz CT molecular complexity index is 477. The lowest BCUT2D eigenvalue weighted by Crippen LogP contribution is -1.99. The fourth-order valence-corrected chi connectivity index (χ4v) is 1.95. The molecule has 0 unspecified atom stereocenters. The second-order valence-corrected chi connectivity index (χ2v) is 4.35. The van der Waals surface area contributed by atoms with Gasteiger partial charge >= 0.3 is 10.2 Å². The van der Waals surface area contributed by atoms with Gasteiger partial charge in [-0.25, -0.2) is 0 Å². The fraction of sp³-hybridized carbons (Fsp3) is 0.222. The molecule has 0 saturated heterocycles. The van der Waals surface area contributed by atoms with Gasteiger partial charge in [-0.3, -0.25) is 4.79 Å². The van der Waals surface area contributed by atoms with Gasteiger partial charge in [0.05, 0.1) is 0 Å². The molecule has 76 valence electrons. The summed E-state index contributed by atoms with van der Waals surface area (Å²) in [5.41, 5.74) is 1.12. The van der Waals surface area contributed by atoms with Crippen LogP contribution in [0.3, 0.4) is 0 Å². The molecule has 0 spiro atoms. The number of benzene rings is 1. The zero-order valence-electron chi connectivity index (χ0n) is 7.74. The van der Waals surface area contributed by atoms with E-state index in [1.54, 1.807) is 6.92 Å². The van der Waals surface area contributed by atoms with Gasteiger partial charge in [0.15, 0.2) is 0 Å². The summed E-state index contributed by atoms with van der Waals surface area (Å²) in [7, 11) is -4.74. The highest BCUT2D eigenvalue weighted by Crippen LogP contribution is 2.21. The molecule has 0 aliphatic rings. The van der Waals surface area contributed by atoms with Crippen molar-refractivity contribution < 1.29 is 17.1 Å². The summed E-state index contributed by atoms with van der Waals surface area (Å²) in [6.07, 6.45) is 0.503. The van der Waals surface area contributed by atoms with E-state index >= 15 is 0 Å². The van der Waals surface area contributed by atoms with Crippen molar-refractivity contribution in [1.29, 1.82) is 0 Å². The molecule has 0 atom stereocenters. The second kappa shape index (κ2) is 3.49. The van der Waals surface area contributed by atoms with Crippen LogP contribution < -0.4 is 0 Å².